The van der Waals surface area contributed by atoms with Crippen molar-refractivity contribution in [2.24, 2.45) is 0 Å². The molecule has 0 fully saturated rings. The minimum atomic E-state index is 0.466. The lowest BCUT2D eigenvalue weighted by Gasteiger charge is -2.03. The molecule has 0 spiro atoms. The molecule has 0 bridgehead atoms. The maximum absolute atomic E-state index is 5.93. The number of aromatic nitrogens is 3. The van der Waals surface area contributed by atoms with E-state index in [1.165, 1.54) is 5.56 Å². The van der Waals surface area contributed by atoms with Gasteiger partial charge in [-0.25, -0.2) is 0 Å². The van der Waals surface area contributed by atoms with E-state index < -0.39 is 0 Å². The minimum Gasteiger partial charge on any atom is -0.297 e. The first-order valence-corrected chi connectivity index (χ1v) is 5.72. The Kier molecular flexibility index (Phi) is 2.84. The van der Waals surface area contributed by atoms with Crippen LogP contribution >= 0.6 is 22.9 Å². The highest BCUT2D eigenvalue weighted by Gasteiger charge is 2.08. The standard InChI is InChI=1S/C9H10ClN3S/c1-2-8-11-12-9(10)13(8)5-7-3-4-14-6-7/h3-4,6H,2,5H2,1H3. The van der Waals surface area contributed by atoms with E-state index in [-0.39, 0.29) is 0 Å². The van der Waals surface area contributed by atoms with Crippen molar-refractivity contribution in [2.45, 2.75) is 19.9 Å². The molecule has 0 saturated carbocycles. The molecule has 2 rings (SSSR count). The van der Waals surface area contributed by atoms with Gasteiger partial charge in [0.1, 0.15) is 5.82 Å². The van der Waals surface area contributed by atoms with Gasteiger partial charge in [0.15, 0.2) is 0 Å². The summed E-state index contributed by atoms with van der Waals surface area (Å²) in [5, 5.41) is 12.5. The fraction of sp³-hybridized carbons (Fsp3) is 0.333. The maximum atomic E-state index is 5.93. The van der Waals surface area contributed by atoms with Crippen LogP contribution in [0.3, 0.4) is 0 Å². The third-order valence-corrected chi connectivity index (χ3v) is 3.03. The highest BCUT2D eigenvalue weighted by molar-refractivity contribution is 7.07. The van der Waals surface area contributed by atoms with Gasteiger partial charge in [0, 0.05) is 6.42 Å². The van der Waals surface area contributed by atoms with Crippen LogP contribution in [0.15, 0.2) is 16.8 Å². The second-order valence-corrected chi connectivity index (χ2v) is 4.07. The summed E-state index contributed by atoms with van der Waals surface area (Å²) >= 11 is 7.62. The van der Waals surface area contributed by atoms with Crippen LogP contribution in [-0.4, -0.2) is 14.8 Å². The smallest absolute Gasteiger partial charge is 0.225 e. The molecule has 0 aromatic carbocycles. The van der Waals surface area contributed by atoms with Gasteiger partial charge in [-0.15, -0.1) is 10.2 Å². The normalized spacial score (nSPS) is 10.7. The number of halogens is 1. The molecular weight excluding hydrogens is 218 g/mol. The van der Waals surface area contributed by atoms with E-state index >= 15 is 0 Å². The predicted octanol–water partition coefficient (Wildman–Crippen LogP) is 2.60. The van der Waals surface area contributed by atoms with Crippen molar-refractivity contribution in [2.75, 3.05) is 0 Å². The van der Waals surface area contributed by atoms with Crippen molar-refractivity contribution >= 4 is 22.9 Å². The lowest BCUT2D eigenvalue weighted by molar-refractivity contribution is 0.735. The Morgan fingerprint density at radius 1 is 1.50 bits per heavy atom. The quantitative estimate of drug-likeness (QED) is 0.807. The molecule has 0 radical (unpaired) electrons. The molecule has 0 N–H and O–H groups in total. The highest BCUT2D eigenvalue weighted by atomic mass is 35.5. The Morgan fingerprint density at radius 2 is 2.36 bits per heavy atom. The summed E-state index contributed by atoms with van der Waals surface area (Å²) in [6.07, 6.45) is 0.851. The highest BCUT2D eigenvalue weighted by Crippen LogP contribution is 2.14. The Bertz CT molecular complexity index is 408. The number of rotatable bonds is 3. The molecule has 5 heteroatoms. The van der Waals surface area contributed by atoms with Crippen LogP contribution < -0.4 is 0 Å². The molecule has 0 saturated heterocycles. The first kappa shape index (κ1) is 9.68. The Morgan fingerprint density at radius 3 is 3.00 bits per heavy atom. The number of thiophene rings is 1. The molecule has 2 heterocycles. The van der Waals surface area contributed by atoms with Gasteiger partial charge in [0.25, 0.3) is 0 Å². The number of aryl methyl sites for hydroxylation is 1. The molecule has 0 aliphatic rings. The van der Waals surface area contributed by atoms with Crippen LogP contribution in [0.2, 0.25) is 5.28 Å². The summed E-state index contributed by atoms with van der Waals surface area (Å²) in [5.41, 5.74) is 1.24. The molecule has 0 unspecified atom stereocenters. The van der Waals surface area contributed by atoms with Gasteiger partial charge in [0.2, 0.25) is 5.28 Å². The van der Waals surface area contributed by atoms with E-state index in [4.69, 9.17) is 11.6 Å². The van der Waals surface area contributed by atoms with Crippen molar-refractivity contribution in [3.63, 3.8) is 0 Å². The van der Waals surface area contributed by atoms with Crippen LogP contribution in [-0.2, 0) is 13.0 Å². The molecule has 2 aromatic rings. The topological polar surface area (TPSA) is 30.7 Å². The Labute approximate surface area is 91.4 Å². The van der Waals surface area contributed by atoms with Crippen molar-refractivity contribution in [1.29, 1.82) is 0 Å². The van der Waals surface area contributed by atoms with E-state index in [0.29, 0.717) is 5.28 Å². The van der Waals surface area contributed by atoms with Gasteiger partial charge < -0.3 is 0 Å². The fourth-order valence-electron chi connectivity index (χ4n) is 1.30. The third-order valence-electron chi connectivity index (χ3n) is 2.02. The van der Waals surface area contributed by atoms with Crippen molar-refractivity contribution in [3.05, 3.63) is 33.5 Å². The maximum Gasteiger partial charge on any atom is 0.225 e. The van der Waals surface area contributed by atoms with Gasteiger partial charge in [-0.3, -0.25) is 4.57 Å². The molecule has 0 aliphatic carbocycles. The average molecular weight is 228 g/mol. The molecule has 0 aliphatic heterocycles. The van der Waals surface area contributed by atoms with Gasteiger partial charge in [-0.1, -0.05) is 6.92 Å². The molecule has 74 valence electrons. The monoisotopic (exact) mass is 227 g/mol. The van der Waals surface area contributed by atoms with E-state index in [2.05, 4.69) is 27.0 Å². The summed E-state index contributed by atoms with van der Waals surface area (Å²) in [4.78, 5) is 0. The largest absolute Gasteiger partial charge is 0.297 e. The van der Waals surface area contributed by atoms with Crippen LogP contribution in [0.5, 0.6) is 0 Å². The zero-order chi connectivity index (χ0) is 9.97. The van der Waals surface area contributed by atoms with Gasteiger partial charge in [-0.2, -0.15) is 11.3 Å². The zero-order valence-corrected chi connectivity index (χ0v) is 9.35. The van der Waals surface area contributed by atoms with E-state index in [0.717, 1.165) is 18.8 Å². The molecular formula is C9H10ClN3S. The van der Waals surface area contributed by atoms with E-state index in [1.807, 2.05) is 11.5 Å². The molecule has 0 amide bonds. The summed E-state index contributed by atoms with van der Waals surface area (Å²) in [7, 11) is 0. The molecule has 2 aromatic heterocycles. The summed E-state index contributed by atoms with van der Waals surface area (Å²) in [5.74, 6) is 0.932. The van der Waals surface area contributed by atoms with Crippen LogP contribution in [0.25, 0.3) is 0 Å². The number of nitrogens with zero attached hydrogens (tertiary/aromatic N) is 3. The van der Waals surface area contributed by atoms with Gasteiger partial charge in [0.05, 0.1) is 6.54 Å². The summed E-state index contributed by atoms with van der Waals surface area (Å²) in [6, 6.07) is 2.08. The van der Waals surface area contributed by atoms with Crippen molar-refractivity contribution < 1.29 is 0 Å². The third kappa shape index (κ3) is 1.81. The first-order valence-electron chi connectivity index (χ1n) is 4.40. The summed E-state index contributed by atoms with van der Waals surface area (Å²) in [6.45, 7) is 2.81. The van der Waals surface area contributed by atoms with Crippen molar-refractivity contribution in [1.82, 2.24) is 14.8 Å². The first-order chi connectivity index (χ1) is 6.81. The van der Waals surface area contributed by atoms with Gasteiger partial charge >= 0.3 is 0 Å². The van der Waals surface area contributed by atoms with Gasteiger partial charge in [-0.05, 0) is 34.0 Å². The summed E-state index contributed by atoms with van der Waals surface area (Å²) < 4.78 is 1.93. The molecule has 3 nitrogen and oxygen atoms in total. The number of hydrogen-bond donors (Lipinski definition) is 0. The lowest BCUT2D eigenvalue weighted by Crippen LogP contribution is -2.03. The zero-order valence-electron chi connectivity index (χ0n) is 7.77. The fourth-order valence-corrected chi connectivity index (χ4v) is 2.15. The SMILES string of the molecule is CCc1nnc(Cl)n1Cc1ccsc1. The minimum absolute atomic E-state index is 0.466. The molecule has 0 atom stereocenters. The lowest BCUT2D eigenvalue weighted by atomic mass is 10.3. The van der Waals surface area contributed by atoms with E-state index in [1.54, 1.807) is 11.3 Å². The average Bonchev–Trinajstić information content (AvgIpc) is 2.79. The Balaban J connectivity index is 2.27. The van der Waals surface area contributed by atoms with E-state index in [9.17, 15) is 0 Å². The van der Waals surface area contributed by atoms with Crippen LogP contribution in [0.4, 0.5) is 0 Å². The van der Waals surface area contributed by atoms with Crippen LogP contribution in [0.1, 0.15) is 18.3 Å². The van der Waals surface area contributed by atoms with Crippen molar-refractivity contribution in [3.8, 4) is 0 Å². The second kappa shape index (κ2) is 4.11. The Hall–Kier alpha value is -0.870. The van der Waals surface area contributed by atoms with Crippen LogP contribution in [0, 0.1) is 0 Å². The second-order valence-electron chi connectivity index (χ2n) is 2.96. The molecule has 14 heavy (non-hydrogen) atoms. The predicted molar refractivity (Wildman–Crippen MR) is 57.8 cm³/mol. The number of hydrogen-bond acceptors (Lipinski definition) is 3.